The number of hydrogen-bond acceptors (Lipinski definition) is 3. The van der Waals surface area contributed by atoms with E-state index in [9.17, 15) is 9.59 Å². The summed E-state index contributed by atoms with van der Waals surface area (Å²) in [7, 11) is 1.56. The minimum Gasteiger partial charge on any atom is -0.495 e. The third-order valence-electron chi connectivity index (χ3n) is 4.03. The molecule has 5 nitrogen and oxygen atoms in total. The van der Waals surface area contributed by atoms with E-state index < -0.39 is 0 Å². The predicted octanol–water partition coefficient (Wildman–Crippen LogP) is 3.98. The first-order valence-electron chi connectivity index (χ1n) is 8.05. The number of nitrogens with one attached hydrogen (secondary N) is 1. The van der Waals surface area contributed by atoms with Crippen LogP contribution in [-0.4, -0.2) is 30.0 Å². The van der Waals surface area contributed by atoms with Crippen molar-refractivity contribution in [3.05, 3.63) is 28.9 Å². The Labute approximate surface area is 146 Å². The van der Waals surface area contributed by atoms with E-state index in [-0.39, 0.29) is 17.7 Å². The number of aromatic nitrogens is 1. The molecule has 0 radical (unpaired) electrons. The number of carbonyl (C=O) groups is 2. The normalized spacial score (nSPS) is 12.2. The van der Waals surface area contributed by atoms with E-state index in [2.05, 4.69) is 5.32 Å². The molecule has 0 saturated carbocycles. The number of methoxy groups -OCH3 is 1. The summed E-state index contributed by atoms with van der Waals surface area (Å²) in [5.74, 6) is 0.575. The predicted molar refractivity (Wildman–Crippen MR) is 96.1 cm³/mol. The monoisotopic (exact) mass is 350 g/mol. The van der Waals surface area contributed by atoms with Gasteiger partial charge in [-0.3, -0.25) is 14.2 Å². The summed E-state index contributed by atoms with van der Waals surface area (Å²) in [6.45, 7) is 5.98. The van der Waals surface area contributed by atoms with Gasteiger partial charge in [0.2, 0.25) is 11.8 Å². The molecular formula is C18H23ClN2O3. The smallest absolute Gasteiger partial charge is 0.231 e. The number of halogens is 1. The zero-order chi connectivity index (χ0) is 17.9. The van der Waals surface area contributed by atoms with Crippen LogP contribution < -0.4 is 10.1 Å². The van der Waals surface area contributed by atoms with Gasteiger partial charge in [-0.25, -0.2) is 0 Å². The second kappa shape index (κ2) is 7.71. The van der Waals surface area contributed by atoms with Crippen LogP contribution in [0.25, 0.3) is 10.9 Å². The number of benzene rings is 1. The summed E-state index contributed by atoms with van der Waals surface area (Å²) in [5.41, 5.74) is 1.75. The van der Waals surface area contributed by atoms with Crippen LogP contribution in [0.2, 0.25) is 5.02 Å². The Kier molecular flexibility index (Phi) is 5.89. The molecule has 0 aliphatic rings. The fraction of sp³-hybridized carbons (Fsp3) is 0.444. The number of ether oxygens (including phenoxy) is 1. The summed E-state index contributed by atoms with van der Waals surface area (Å²) in [5, 5.41) is 4.20. The van der Waals surface area contributed by atoms with Gasteiger partial charge < -0.3 is 10.1 Å². The van der Waals surface area contributed by atoms with Gasteiger partial charge in [-0.05, 0) is 24.1 Å². The molecule has 1 heterocycles. The van der Waals surface area contributed by atoms with E-state index in [0.29, 0.717) is 23.7 Å². The maximum atomic E-state index is 12.4. The lowest BCUT2D eigenvalue weighted by molar-refractivity contribution is -0.119. The number of fused-ring (bicyclic) bond motifs is 1. The minimum absolute atomic E-state index is 0.0294. The molecular weight excluding hydrogens is 328 g/mol. The van der Waals surface area contributed by atoms with Crippen LogP contribution in [-0.2, 0) is 4.79 Å². The number of hydrogen-bond donors (Lipinski definition) is 1. The molecule has 24 heavy (non-hydrogen) atoms. The van der Waals surface area contributed by atoms with Gasteiger partial charge in [0.05, 0.1) is 17.6 Å². The van der Waals surface area contributed by atoms with Gasteiger partial charge in [0.25, 0.3) is 0 Å². The summed E-state index contributed by atoms with van der Waals surface area (Å²) in [6.07, 6.45) is 3.09. The second-order valence-corrected chi connectivity index (χ2v) is 6.35. The van der Waals surface area contributed by atoms with Gasteiger partial charge in [-0.15, -0.1) is 0 Å². The van der Waals surface area contributed by atoms with Crippen molar-refractivity contribution >= 4 is 34.3 Å². The van der Waals surface area contributed by atoms with E-state index in [1.54, 1.807) is 17.7 Å². The summed E-state index contributed by atoms with van der Waals surface area (Å²) >= 11 is 6.24. The Morgan fingerprint density at radius 3 is 2.67 bits per heavy atom. The standard InChI is InChI=1S/C18H23ClN2O3/c1-5-6-18(23)21-10-14(11(2)9-20-12(3)22)13-7-17(24-4)15(19)8-16(13)21/h7-8,10-11H,5-6,9H2,1-4H3,(H,20,22). The van der Waals surface area contributed by atoms with Gasteiger partial charge in [-0.2, -0.15) is 0 Å². The van der Waals surface area contributed by atoms with Crippen molar-refractivity contribution in [2.75, 3.05) is 13.7 Å². The Hall–Kier alpha value is -2.01. The number of rotatable bonds is 6. The molecule has 130 valence electrons. The molecule has 1 N–H and O–H groups in total. The van der Waals surface area contributed by atoms with Crippen molar-refractivity contribution in [3.8, 4) is 5.75 Å². The molecule has 0 spiro atoms. The molecule has 0 aliphatic carbocycles. The Morgan fingerprint density at radius 2 is 2.08 bits per heavy atom. The molecule has 6 heteroatoms. The van der Waals surface area contributed by atoms with Crippen molar-refractivity contribution in [1.82, 2.24) is 9.88 Å². The zero-order valence-corrected chi connectivity index (χ0v) is 15.2. The van der Waals surface area contributed by atoms with Crippen LogP contribution in [0.3, 0.4) is 0 Å². The molecule has 1 aromatic carbocycles. The van der Waals surface area contributed by atoms with Crippen LogP contribution in [0.4, 0.5) is 0 Å². The fourth-order valence-electron chi connectivity index (χ4n) is 2.75. The Bertz CT molecular complexity index is 767. The second-order valence-electron chi connectivity index (χ2n) is 5.94. The van der Waals surface area contributed by atoms with Gasteiger partial charge >= 0.3 is 0 Å². The van der Waals surface area contributed by atoms with E-state index >= 15 is 0 Å². The third-order valence-corrected chi connectivity index (χ3v) is 4.32. The van der Waals surface area contributed by atoms with Crippen molar-refractivity contribution in [1.29, 1.82) is 0 Å². The number of nitrogens with zero attached hydrogens (tertiary/aromatic N) is 1. The quantitative estimate of drug-likeness (QED) is 0.857. The van der Waals surface area contributed by atoms with Gasteiger partial charge in [0, 0.05) is 37.4 Å². The summed E-state index contributed by atoms with van der Waals surface area (Å²) in [4.78, 5) is 23.6. The Morgan fingerprint density at radius 1 is 1.38 bits per heavy atom. The highest BCUT2D eigenvalue weighted by atomic mass is 35.5. The summed E-state index contributed by atoms with van der Waals surface area (Å²) < 4.78 is 6.96. The van der Waals surface area contributed by atoms with E-state index in [4.69, 9.17) is 16.3 Å². The largest absolute Gasteiger partial charge is 0.495 e. The molecule has 1 unspecified atom stereocenters. The van der Waals surface area contributed by atoms with Crippen LogP contribution >= 0.6 is 11.6 Å². The third kappa shape index (κ3) is 3.73. The van der Waals surface area contributed by atoms with Gasteiger partial charge in [0.1, 0.15) is 5.75 Å². The van der Waals surface area contributed by atoms with Crippen LogP contribution in [0.1, 0.15) is 49.9 Å². The highest BCUT2D eigenvalue weighted by Gasteiger charge is 2.19. The molecule has 1 aromatic heterocycles. The lowest BCUT2D eigenvalue weighted by atomic mass is 10.0. The molecule has 0 bridgehead atoms. The fourth-order valence-corrected chi connectivity index (χ4v) is 2.98. The van der Waals surface area contributed by atoms with Gasteiger partial charge in [-0.1, -0.05) is 25.4 Å². The first-order chi connectivity index (χ1) is 11.4. The van der Waals surface area contributed by atoms with Crippen molar-refractivity contribution in [2.24, 2.45) is 0 Å². The van der Waals surface area contributed by atoms with Gasteiger partial charge in [0.15, 0.2) is 0 Å². The SMILES string of the molecule is CCCC(=O)n1cc(C(C)CNC(C)=O)c2cc(OC)c(Cl)cc21. The van der Waals surface area contributed by atoms with Crippen molar-refractivity contribution in [3.63, 3.8) is 0 Å². The molecule has 1 atom stereocenters. The minimum atomic E-state index is -0.0757. The van der Waals surface area contributed by atoms with Crippen molar-refractivity contribution in [2.45, 2.75) is 39.5 Å². The maximum Gasteiger partial charge on any atom is 0.231 e. The van der Waals surface area contributed by atoms with Crippen LogP contribution in [0.15, 0.2) is 18.3 Å². The first kappa shape index (κ1) is 18.3. The average Bonchev–Trinajstić information content (AvgIpc) is 2.90. The zero-order valence-electron chi connectivity index (χ0n) is 14.5. The average molecular weight is 351 g/mol. The van der Waals surface area contributed by atoms with Crippen LogP contribution in [0.5, 0.6) is 5.75 Å². The summed E-state index contributed by atoms with van der Waals surface area (Å²) in [6, 6.07) is 3.62. The van der Waals surface area contributed by atoms with Crippen molar-refractivity contribution < 1.29 is 14.3 Å². The lowest BCUT2D eigenvalue weighted by Crippen LogP contribution is -2.24. The Balaban J connectivity index is 2.56. The molecule has 1 amide bonds. The van der Waals surface area contributed by atoms with E-state index in [1.165, 1.54) is 6.92 Å². The molecule has 0 aliphatic heterocycles. The molecule has 0 fully saturated rings. The molecule has 2 aromatic rings. The highest BCUT2D eigenvalue weighted by molar-refractivity contribution is 6.33. The number of amides is 1. The van der Waals surface area contributed by atoms with E-state index in [0.717, 1.165) is 22.9 Å². The topological polar surface area (TPSA) is 60.3 Å². The van der Waals surface area contributed by atoms with E-state index in [1.807, 2.05) is 26.1 Å². The molecule has 0 saturated heterocycles. The maximum absolute atomic E-state index is 12.4. The van der Waals surface area contributed by atoms with Crippen LogP contribution in [0, 0.1) is 0 Å². The highest BCUT2D eigenvalue weighted by Crippen LogP contribution is 2.35. The number of carbonyl (C=O) groups excluding carboxylic acids is 2. The first-order valence-corrected chi connectivity index (χ1v) is 8.42. The molecule has 2 rings (SSSR count). The lowest BCUT2D eigenvalue weighted by Gasteiger charge is -2.11.